The average Bonchev–Trinajstić information content (AvgIpc) is 2.15. The molecule has 0 aromatic heterocycles. The summed E-state index contributed by atoms with van der Waals surface area (Å²) in [7, 11) is 1.57. The number of hydrogen-bond acceptors (Lipinski definition) is 1. The van der Waals surface area contributed by atoms with E-state index >= 15 is 0 Å². The normalized spacial score (nSPS) is 9.47. The maximum atomic E-state index is 13.0. The summed E-state index contributed by atoms with van der Waals surface area (Å²) in [5.74, 6) is 1.59. The third kappa shape index (κ3) is 3.07. The Kier molecular flexibility index (Phi) is 3.87. The monoisotopic (exact) mass is 269 g/mol. The minimum absolute atomic E-state index is 0.201. The molecule has 0 bridgehead atoms. The van der Waals surface area contributed by atoms with E-state index in [9.17, 15) is 9.18 Å². The van der Waals surface area contributed by atoms with E-state index in [1.165, 1.54) is 17.0 Å². The molecule has 0 radical (unpaired) electrons. The molecule has 2 nitrogen and oxygen atoms in total. The SMILES string of the molecule is C#CCN(C)C(=O)c1cc(F)cc(Br)c1. The molecule has 0 heterocycles. The van der Waals surface area contributed by atoms with Gasteiger partial charge >= 0.3 is 0 Å². The highest BCUT2D eigenvalue weighted by Crippen LogP contribution is 2.15. The number of nitrogens with zero attached hydrogens (tertiary/aromatic N) is 1. The van der Waals surface area contributed by atoms with Crippen molar-refractivity contribution in [3.05, 3.63) is 34.1 Å². The lowest BCUT2D eigenvalue weighted by atomic mass is 10.2. The predicted molar refractivity (Wildman–Crippen MR) is 59.9 cm³/mol. The molecule has 0 aliphatic rings. The molecule has 0 N–H and O–H groups in total. The summed E-state index contributed by atoms with van der Waals surface area (Å²) in [6, 6.07) is 4.02. The zero-order chi connectivity index (χ0) is 11.4. The van der Waals surface area contributed by atoms with Crippen LogP contribution >= 0.6 is 15.9 Å². The van der Waals surface area contributed by atoms with Crippen molar-refractivity contribution in [2.24, 2.45) is 0 Å². The van der Waals surface area contributed by atoms with Crippen LogP contribution in [0.2, 0.25) is 0 Å². The average molecular weight is 270 g/mol. The second-order valence-electron chi connectivity index (χ2n) is 3.02. The summed E-state index contributed by atoms with van der Waals surface area (Å²) < 4.78 is 13.5. The maximum Gasteiger partial charge on any atom is 0.254 e. The van der Waals surface area contributed by atoms with Crippen LogP contribution in [0.5, 0.6) is 0 Å². The fraction of sp³-hybridized carbons (Fsp3) is 0.182. The molecule has 1 aromatic carbocycles. The van der Waals surface area contributed by atoms with Gasteiger partial charge in [0.1, 0.15) is 5.82 Å². The number of carbonyl (C=O) groups excluding carboxylic acids is 1. The minimum Gasteiger partial charge on any atom is -0.331 e. The predicted octanol–water partition coefficient (Wildman–Crippen LogP) is 2.29. The van der Waals surface area contributed by atoms with Gasteiger partial charge in [-0.1, -0.05) is 21.9 Å². The highest BCUT2D eigenvalue weighted by Gasteiger charge is 2.12. The summed E-state index contributed by atoms with van der Waals surface area (Å²) in [6.45, 7) is 0.201. The van der Waals surface area contributed by atoms with Gasteiger partial charge in [0.25, 0.3) is 5.91 Å². The standard InChI is InChI=1S/C11H9BrFNO/c1-3-4-14(2)11(15)8-5-9(12)7-10(13)6-8/h1,5-7H,4H2,2H3. The Bertz CT molecular complexity index is 405. The zero-order valence-corrected chi connectivity index (χ0v) is 9.71. The van der Waals surface area contributed by atoms with Gasteiger partial charge in [0.2, 0.25) is 0 Å². The van der Waals surface area contributed by atoms with Crippen molar-refractivity contribution in [1.29, 1.82) is 0 Å². The summed E-state index contributed by atoms with van der Waals surface area (Å²) in [4.78, 5) is 13.0. The molecule has 15 heavy (non-hydrogen) atoms. The van der Waals surface area contributed by atoms with Crippen LogP contribution in [0.15, 0.2) is 22.7 Å². The summed E-state index contributed by atoms with van der Waals surface area (Å²) in [5.41, 5.74) is 0.277. The number of amides is 1. The van der Waals surface area contributed by atoms with Crippen LogP contribution in [-0.2, 0) is 0 Å². The molecule has 0 spiro atoms. The molecule has 78 valence electrons. The Labute approximate surface area is 96.2 Å². The van der Waals surface area contributed by atoms with Crippen molar-refractivity contribution >= 4 is 21.8 Å². The number of terminal acetylenes is 1. The van der Waals surface area contributed by atoms with Crippen LogP contribution < -0.4 is 0 Å². The van der Waals surface area contributed by atoms with E-state index in [1.54, 1.807) is 13.1 Å². The van der Waals surface area contributed by atoms with Crippen molar-refractivity contribution in [1.82, 2.24) is 4.90 Å². The Morgan fingerprint density at radius 3 is 2.80 bits per heavy atom. The van der Waals surface area contributed by atoms with Gasteiger partial charge in [-0.3, -0.25) is 4.79 Å². The first-order chi connectivity index (χ1) is 7.04. The van der Waals surface area contributed by atoms with E-state index in [0.717, 1.165) is 0 Å². The van der Waals surface area contributed by atoms with Gasteiger partial charge in [-0.15, -0.1) is 6.42 Å². The quantitative estimate of drug-likeness (QED) is 0.755. The maximum absolute atomic E-state index is 13.0. The zero-order valence-electron chi connectivity index (χ0n) is 8.13. The van der Waals surface area contributed by atoms with Gasteiger partial charge in [-0.2, -0.15) is 0 Å². The minimum atomic E-state index is -0.457. The van der Waals surface area contributed by atoms with E-state index < -0.39 is 5.82 Å². The molecular formula is C11H9BrFNO. The molecule has 0 unspecified atom stereocenters. The Balaban J connectivity index is 2.97. The van der Waals surface area contributed by atoms with Crippen molar-refractivity contribution in [3.8, 4) is 12.3 Å². The Hall–Kier alpha value is -1.34. The van der Waals surface area contributed by atoms with Crippen LogP contribution in [0.3, 0.4) is 0 Å². The molecule has 1 amide bonds. The summed E-state index contributed by atoms with van der Waals surface area (Å²) >= 11 is 3.12. The highest BCUT2D eigenvalue weighted by molar-refractivity contribution is 9.10. The lowest BCUT2D eigenvalue weighted by Crippen LogP contribution is -2.27. The highest BCUT2D eigenvalue weighted by atomic mass is 79.9. The van der Waals surface area contributed by atoms with Crippen LogP contribution in [-0.4, -0.2) is 24.4 Å². The smallest absolute Gasteiger partial charge is 0.254 e. The van der Waals surface area contributed by atoms with Gasteiger partial charge in [-0.25, -0.2) is 4.39 Å². The van der Waals surface area contributed by atoms with Crippen molar-refractivity contribution in [2.45, 2.75) is 0 Å². The number of carbonyl (C=O) groups is 1. The largest absolute Gasteiger partial charge is 0.331 e. The van der Waals surface area contributed by atoms with E-state index in [2.05, 4.69) is 21.9 Å². The molecule has 4 heteroatoms. The van der Waals surface area contributed by atoms with E-state index in [4.69, 9.17) is 6.42 Å². The molecule has 0 aliphatic carbocycles. The fourth-order valence-electron chi connectivity index (χ4n) is 1.11. The third-order valence-electron chi connectivity index (χ3n) is 1.78. The van der Waals surface area contributed by atoms with Gasteiger partial charge in [-0.05, 0) is 18.2 Å². The summed E-state index contributed by atoms with van der Waals surface area (Å²) in [6.07, 6.45) is 5.08. The second-order valence-corrected chi connectivity index (χ2v) is 3.94. The fourth-order valence-corrected chi connectivity index (χ4v) is 1.57. The van der Waals surface area contributed by atoms with Gasteiger partial charge in [0.05, 0.1) is 6.54 Å². The Morgan fingerprint density at radius 2 is 2.27 bits per heavy atom. The first-order valence-electron chi connectivity index (χ1n) is 4.19. The molecule has 1 rings (SSSR count). The van der Waals surface area contributed by atoms with E-state index in [-0.39, 0.29) is 18.0 Å². The van der Waals surface area contributed by atoms with Crippen LogP contribution in [0.25, 0.3) is 0 Å². The van der Waals surface area contributed by atoms with Gasteiger partial charge in [0.15, 0.2) is 0 Å². The van der Waals surface area contributed by atoms with E-state index in [1.807, 2.05) is 0 Å². The van der Waals surface area contributed by atoms with Crippen molar-refractivity contribution in [2.75, 3.05) is 13.6 Å². The number of hydrogen-bond donors (Lipinski definition) is 0. The molecule has 1 aromatic rings. The van der Waals surface area contributed by atoms with Gasteiger partial charge < -0.3 is 4.90 Å². The van der Waals surface area contributed by atoms with Crippen LogP contribution in [0.4, 0.5) is 4.39 Å². The van der Waals surface area contributed by atoms with Crippen LogP contribution in [0, 0.1) is 18.2 Å². The van der Waals surface area contributed by atoms with Crippen molar-refractivity contribution < 1.29 is 9.18 Å². The number of benzene rings is 1. The van der Waals surface area contributed by atoms with Gasteiger partial charge in [0, 0.05) is 17.1 Å². The molecular weight excluding hydrogens is 261 g/mol. The topological polar surface area (TPSA) is 20.3 Å². The second kappa shape index (κ2) is 4.94. The molecule has 0 saturated carbocycles. The lowest BCUT2D eigenvalue weighted by molar-refractivity contribution is 0.0812. The molecule has 0 saturated heterocycles. The molecule has 0 fully saturated rings. The first kappa shape index (κ1) is 11.7. The lowest BCUT2D eigenvalue weighted by Gasteiger charge is -2.13. The number of halogens is 2. The van der Waals surface area contributed by atoms with E-state index in [0.29, 0.717) is 4.47 Å². The van der Waals surface area contributed by atoms with Crippen LogP contribution in [0.1, 0.15) is 10.4 Å². The van der Waals surface area contributed by atoms with Crippen molar-refractivity contribution in [3.63, 3.8) is 0 Å². The summed E-state index contributed by atoms with van der Waals surface area (Å²) in [5, 5.41) is 0. The Morgan fingerprint density at radius 1 is 1.60 bits per heavy atom. The molecule has 0 atom stereocenters. The first-order valence-corrected chi connectivity index (χ1v) is 4.99. The molecule has 0 aliphatic heterocycles. The third-order valence-corrected chi connectivity index (χ3v) is 2.24. The number of rotatable bonds is 2.